The Morgan fingerprint density at radius 2 is 1.04 bits per heavy atom. The fourth-order valence-electron chi connectivity index (χ4n) is 3.88. The highest BCUT2D eigenvalue weighted by atomic mass is 28.4. The molecular weight excluding hydrogens is 340 g/mol. The Morgan fingerprint density at radius 1 is 0.615 bits per heavy atom. The molecule has 4 rings (SSSR count). The molecule has 0 unspecified atom stereocenters. The summed E-state index contributed by atoms with van der Waals surface area (Å²) in [6, 6.07) is 19.6. The summed E-state index contributed by atoms with van der Waals surface area (Å²) in [7, 11) is -2.92. The summed E-state index contributed by atoms with van der Waals surface area (Å²) in [5, 5.41) is 8.62. The summed E-state index contributed by atoms with van der Waals surface area (Å²) < 4.78 is 18.4. The van der Waals surface area contributed by atoms with Crippen molar-refractivity contribution in [3.8, 4) is 0 Å². The highest BCUT2D eigenvalue weighted by Gasteiger charge is 2.43. The summed E-state index contributed by atoms with van der Waals surface area (Å²) in [5.41, 5.74) is 0. The Labute approximate surface area is 155 Å². The lowest BCUT2D eigenvalue weighted by molar-refractivity contribution is 0.0859. The van der Waals surface area contributed by atoms with E-state index in [0.29, 0.717) is 19.8 Å². The van der Waals surface area contributed by atoms with Crippen LogP contribution in [-0.4, -0.2) is 28.6 Å². The lowest BCUT2D eigenvalue weighted by Crippen LogP contribution is -2.56. The van der Waals surface area contributed by atoms with Gasteiger partial charge in [0.15, 0.2) is 0 Å². The average Bonchev–Trinajstić information content (AvgIpc) is 2.66. The van der Waals surface area contributed by atoms with E-state index in [1.807, 2.05) is 20.8 Å². The topological polar surface area (TPSA) is 27.7 Å². The molecule has 0 N–H and O–H groups in total. The van der Waals surface area contributed by atoms with Crippen LogP contribution in [0.15, 0.2) is 54.6 Å². The first-order valence-electron chi connectivity index (χ1n) is 9.32. The third kappa shape index (κ3) is 2.70. The normalized spacial score (nSPS) is 12.6. The van der Waals surface area contributed by atoms with Crippen LogP contribution in [0, 0.1) is 0 Å². The van der Waals surface area contributed by atoms with Crippen LogP contribution >= 0.6 is 0 Å². The molecule has 0 heterocycles. The first-order valence-corrected chi connectivity index (χ1v) is 11.0. The minimum atomic E-state index is -2.92. The Morgan fingerprint density at radius 3 is 1.50 bits per heavy atom. The second-order valence-corrected chi connectivity index (χ2v) is 8.92. The van der Waals surface area contributed by atoms with Crippen LogP contribution < -0.4 is 5.19 Å². The van der Waals surface area contributed by atoms with E-state index in [1.165, 1.54) is 32.3 Å². The van der Waals surface area contributed by atoms with Crippen molar-refractivity contribution < 1.29 is 13.3 Å². The molecule has 0 bridgehead atoms. The summed E-state index contributed by atoms with van der Waals surface area (Å²) in [5.74, 6) is 0. The highest BCUT2D eigenvalue weighted by molar-refractivity contribution is 6.75. The Bertz CT molecular complexity index is 963. The standard InChI is InChI=1S/C22H24O3Si/c1-4-23-26(24-5-2,25-6-3)20-14-18-12-10-16-8-7-9-17-11-13-19(15-20)22(18)21(16)17/h7-15H,4-6H2,1-3H3. The molecule has 0 fully saturated rings. The summed E-state index contributed by atoms with van der Waals surface area (Å²) in [4.78, 5) is 0. The van der Waals surface area contributed by atoms with Crippen LogP contribution in [0.4, 0.5) is 0 Å². The van der Waals surface area contributed by atoms with E-state index in [1.54, 1.807) is 0 Å². The first-order chi connectivity index (χ1) is 12.7. The van der Waals surface area contributed by atoms with Gasteiger partial charge in [0.1, 0.15) is 0 Å². The van der Waals surface area contributed by atoms with Gasteiger partial charge in [-0.1, -0.05) is 42.5 Å². The Hall–Kier alpha value is -1.98. The second-order valence-electron chi connectivity index (χ2n) is 6.36. The maximum absolute atomic E-state index is 6.12. The third-order valence-electron chi connectivity index (χ3n) is 4.82. The lowest BCUT2D eigenvalue weighted by atomic mass is 9.94. The molecule has 0 aliphatic heterocycles. The van der Waals surface area contributed by atoms with Crippen LogP contribution in [-0.2, 0) is 13.3 Å². The fraction of sp³-hybridized carbons (Fsp3) is 0.273. The minimum Gasteiger partial charge on any atom is -0.370 e. The van der Waals surface area contributed by atoms with Gasteiger partial charge in [0.2, 0.25) is 0 Å². The minimum absolute atomic E-state index is 0.567. The van der Waals surface area contributed by atoms with Crippen LogP contribution in [0.3, 0.4) is 0 Å². The molecule has 134 valence electrons. The van der Waals surface area contributed by atoms with Crippen LogP contribution in [0.1, 0.15) is 20.8 Å². The van der Waals surface area contributed by atoms with Crippen molar-refractivity contribution in [3.63, 3.8) is 0 Å². The number of hydrogen-bond acceptors (Lipinski definition) is 3. The van der Waals surface area contributed by atoms with E-state index in [0.717, 1.165) is 5.19 Å². The van der Waals surface area contributed by atoms with E-state index in [-0.39, 0.29) is 0 Å². The summed E-state index contributed by atoms with van der Waals surface area (Å²) in [6.45, 7) is 7.67. The molecular formula is C22H24O3Si. The number of benzene rings is 4. The highest BCUT2D eigenvalue weighted by Crippen LogP contribution is 2.34. The van der Waals surface area contributed by atoms with Gasteiger partial charge in [-0.05, 0) is 65.2 Å². The van der Waals surface area contributed by atoms with Crippen molar-refractivity contribution >= 4 is 46.3 Å². The maximum Gasteiger partial charge on any atom is 0.537 e. The van der Waals surface area contributed by atoms with Gasteiger partial charge < -0.3 is 13.3 Å². The molecule has 0 aromatic heterocycles. The van der Waals surface area contributed by atoms with Gasteiger partial charge in [0.25, 0.3) is 0 Å². The van der Waals surface area contributed by atoms with Gasteiger partial charge >= 0.3 is 8.80 Å². The van der Waals surface area contributed by atoms with Gasteiger partial charge in [-0.3, -0.25) is 0 Å². The van der Waals surface area contributed by atoms with Crippen molar-refractivity contribution in [2.45, 2.75) is 20.8 Å². The molecule has 0 spiro atoms. The van der Waals surface area contributed by atoms with Crippen LogP contribution in [0.2, 0.25) is 0 Å². The van der Waals surface area contributed by atoms with Crippen molar-refractivity contribution in [2.24, 2.45) is 0 Å². The number of rotatable bonds is 7. The predicted octanol–water partition coefficient (Wildman–Crippen LogP) is 4.84. The quantitative estimate of drug-likeness (QED) is 0.347. The van der Waals surface area contributed by atoms with Crippen LogP contribution in [0.5, 0.6) is 0 Å². The second kappa shape index (κ2) is 6.97. The molecule has 0 atom stereocenters. The van der Waals surface area contributed by atoms with Gasteiger partial charge in [-0.15, -0.1) is 0 Å². The van der Waals surface area contributed by atoms with Gasteiger partial charge in [-0.25, -0.2) is 0 Å². The predicted molar refractivity (Wildman–Crippen MR) is 110 cm³/mol. The average molecular weight is 365 g/mol. The molecule has 0 saturated heterocycles. The SMILES string of the molecule is CCO[Si](OCC)(OCC)c1cc2ccc3cccc4ccc(c1)c2c34. The largest absolute Gasteiger partial charge is 0.537 e. The lowest BCUT2D eigenvalue weighted by Gasteiger charge is -2.29. The molecule has 0 aliphatic rings. The Balaban J connectivity index is 2.01. The zero-order valence-corrected chi connectivity index (χ0v) is 16.5. The molecule has 0 aliphatic carbocycles. The molecule has 4 aromatic carbocycles. The smallest absolute Gasteiger partial charge is 0.370 e. The van der Waals surface area contributed by atoms with Gasteiger partial charge in [0.05, 0.1) is 0 Å². The molecule has 0 radical (unpaired) electrons. The summed E-state index contributed by atoms with van der Waals surface area (Å²) >= 11 is 0. The van der Waals surface area contributed by atoms with Crippen molar-refractivity contribution in [2.75, 3.05) is 19.8 Å². The van der Waals surface area contributed by atoms with Crippen molar-refractivity contribution in [1.29, 1.82) is 0 Å². The van der Waals surface area contributed by atoms with E-state index in [2.05, 4.69) is 54.6 Å². The van der Waals surface area contributed by atoms with Crippen LogP contribution in [0.25, 0.3) is 32.3 Å². The van der Waals surface area contributed by atoms with E-state index in [9.17, 15) is 0 Å². The van der Waals surface area contributed by atoms with Gasteiger partial charge in [-0.2, -0.15) is 0 Å². The molecule has 26 heavy (non-hydrogen) atoms. The molecule has 0 amide bonds. The molecule has 4 aromatic rings. The number of hydrogen-bond donors (Lipinski definition) is 0. The summed E-state index contributed by atoms with van der Waals surface area (Å²) in [6.07, 6.45) is 0. The van der Waals surface area contributed by atoms with E-state index in [4.69, 9.17) is 13.3 Å². The molecule has 0 saturated carbocycles. The van der Waals surface area contributed by atoms with Crippen molar-refractivity contribution in [3.05, 3.63) is 54.6 Å². The molecule has 3 nitrogen and oxygen atoms in total. The zero-order chi connectivity index (χ0) is 18.1. The molecule has 4 heteroatoms. The van der Waals surface area contributed by atoms with E-state index >= 15 is 0 Å². The van der Waals surface area contributed by atoms with Gasteiger partial charge in [0, 0.05) is 25.0 Å². The zero-order valence-electron chi connectivity index (χ0n) is 15.5. The first kappa shape index (κ1) is 17.4. The Kier molecular flexibility index (Phi) is 4.67. The van der Waals surface area contributed by atoms with Crippen molar-refractivity contribution in [1.82, 2.24) is 0 Å². The maximum atomic E-state index is 6.12. The fourth-order valence-corrected chi connectivity index (χ4v) is 6.43. The third-order valence-corrected chi connectivity index (χ3v) is 7.82. The van der Waals surface area contributed by atoms with E-state index < -0.39 is 8.80 Å². The monoisotopic (exact) mass is 364 g/mol.